The minimum absolute atomic E-state index is 0.0907. The minimum Gasteiger partial charge on any atom is -0.508 e. The third kappa shape index (κ3) is 3.16. The van der Waals surface area contributed by atoms with Crippen LogP contribution in [0.2, 0.25) is 0 Å². The zero-order chi connectivity index (χ0) is 13.2. The van der Waals surface area contributed by atoms with Crippen molar-refractivity contribution in [1.82, 2.24) is 0 Å². The maximum atomic E-state index is 12.1. The largest absolute Gasteiger partial charge is 0.573 e. The van der Waals surface area contributed by atoms with Crippen LogP contribution in [0.25, 0.3) is 11.1 Å². The van der Waals surface area contributed by atoms with Gasteiger partial charge in [0.2, 0.25) is 0 Å². The maximum absolute atomic E-state index is 12.1. The summed E-state index contributed by atoms with van der Waals surface area (Å²) in [4.78, 5) is 0. The van der Waals surface area contributed by atoms with E-state index in [4.69, 9.17) is 5.11 Å². The Kier molecular flexibility index (Phi) is 3.14. The fourth-order valence-corrected chi connectivity index (χ4v) is 1.46. The third-order valence-electron chi connectivity index (χ3n) is 2.20. The summed E-state index contributed by atoms with van der Waals surface area (Å²) >= 11 is 0. The van der Waals surface area contributed by atoms with Crippen molar-refractivity contribution in [2.24, 2.45) is 0 Å². The molecule has 18 heavy (non-hydrogen) atoms. The van der Waals surface area contributed by atoms with Crippen LogP contribution in [0.3, 0.4) is 0 Å². The van der Waals surface area contributed by atoms with E-state index in [-0.39, 0.29) is 5.75 Å². The van der Waals surface area contributed by atoms with Gasteiger partial charge in [-0.15, -0.1) is 13.2 Å². The number of phenols is 1. The van der Waals surface area contributed by atoms with Crippen molar-refractivity contribution in [3.63, 3.8) is 0 Å². The van der Waals surface area contributed by atoms with E-state index in [2.05, 4.69) is 10.8 Å². The molecule has 0 saturated heterocycles. The summed E-state index contributed by atoms with van der Waals surface area (Å²) in [6.07, 6.45) is -4.73. The van der Waals surface area contributed by atoms with Gasteiger partial charge in [0.25, 0.3) is 0 Å². The first-order valence-electron chi connectivity index (χ1n) is 5.01. The number of phenolic OH excluding ortho intramolecular Hbond substituents is 1. The van der Waals surface area contributed by atoms with Crippen LogP contribution in [0.1, 0.15) is 0 Å². The van der Waals surface area contributed by atoms with Crippen LogP contribution >= 0.6 is 0 Å². The Morgan fingerprint density at radius 1 is 1.00 bits per heavy atom. The number of aromatic hydroxyl groups is 1. The first-order chi connectivity index (χ1) is 8.44. The average Bonchev–Trinajstić information content (AvgIpc) is 2.28. The van der Waals surface area contributed by atoms with Gasteiger partial charge >= 0.3 is 6.36 Å². The van der Waals surface area contributed by atoms with Gasteiger partial charge in [0.15, 0.2) is 0 Å². The Hall–Kier alpha value is -2.17. The molecule has 0 spiro atoms. The molecule has 0 aliphatic rings. The summed E-state index contributed by atoms with van der Waals surface area (Å²) in [6.45, 7) is 0. The maximum Gasteiger partial charge on any atom is 0.573 e. The van der Waals surface area contributed by atoms with Crippen molar-refractivity contribution in [3.8, 4) is 22.6 Å². The molecule has 2 rings (SSSR count). The third-order valence-corrected chi connectivity index (χ3v) is 2.20. The number of benzene rings is 2. The molecule has 0 atom stereocenters. The second kappa shape index (κ2) is 4.60. The van der Waals surface area contributed by atoms with E-state index in [0.29, 0.717) is 11.1 Å². The molecule has 1 radical (unpaired) electrons. The van der Waals surface area contributed by atoms with Crippen molar-refractivity contribution in [3.05, 3.63) is 48.5 Å². The van der Waals surface area contributed by atoms with E-state index in [1.54, 1.807) is 18.2 Å². The molecule has 0 bridgehead atoms. The molecule has 0 aliphatic carbocycles. The van der Waals surface area contributed by atoms with Crippen molar-refractivity contribution in [2.75, 3.05) is 0 Å². The number of alkyl halides is 3. The van der Waals surface area contributed by atoms with Crippen LogP contribution in [0.5, 0.6) is 11.5 Å². The molecule has 0 heterocycles. The lowest BCUT2D eigenvalue weighted by molar-refractivity contribution is -0.274. The lowest BCUT2D eigenvalue weighted by Gasteiger charge is -2.09. The molecule has 1 N–H and O–H groups in total. The predicted octanol–water partition coefficient (Wildman–Crippen LogP) is 3.76. The van der Waals surface area contributed by atoms with Gasteiger partial charge in [0, 0.05) is 6.07 Å². The van der Waals surface area contributed by atoms with Crippen LogP contribution in [-0.4, -0.2) is 11.5 Å². The smallest absolute Gasteiger partial charge is 0.508 e. The second-order valence-electron chi connectivity index (χ2n) is 3.54. The van der Waals surface area contributed by atoms with Crippen LogP contribution in [0, 0.1) is 6.07 Å². The molecular weight excluding hydrogens is 245 g/mol. The highest BCUT2D eigenvalue weighted by Gasteiger charge is 2.31. The SMILES string of the molecule is Oc1ccc(-c2cc[c]c(OC(F)(F)F)c2)cc1. The molecule has 2 nitrogen and oxygen atoms in total. The van der Waals surface area contributed by atoms with Gasteiger partial charge in [-0.25, -0.2) is 0 Å². The Bertz CT molecular complexity index is 533. The topological polar surface area (TPSA) is 29.5 Å². The summed E-state index contributed by atoms with van der Waals surface area (Å²) in [6, 6.07) is 12.7. The van der Waals surface area contributed by atoms with Gasteiger partial charge in [-0.05, 0) is 35.4 Å². The molecule has 2 aromatic rings. The van der Waals surface area contributed by atoms with E-state index in [0.717, 1.165) is 0 Å². The molecule has 0 amide bonds. The lowest BCUT2D eigenvalue weighted by Crippen LogP contribution is -2.17. The Morgan fingerprint density at radius 3 is 2.28 bits per heavy atom. The molecule has 0 fully saturated rings. The molecule has 93 valence electrons. The predicted molar refractivity (Wildman–Crippen MR) is 59.1 cm³/mol. The highest BCUT2D eigenvalue weighted by Crippen LogP contribution is 2.28. The van der Waals surface area contributed by atoms with Crippen molar-refractivity contribution < 1.29 is 23.0 Å². The van der Waals surface area contributed by atoms with Crippen LogP contribution in [0.15, 0.2) is 42.5 Å². The first-order valence-corrected chi connectivity index (χ1v) is 5.01. The highest BCUT2D eigenvalue weighted by molar-refractivity contribution is 5.65. The molecule has 0 aliphatic heterocycles. The monoisotopic (exact) mass is 253 g/mol. The molecule has 2 aromatic carbocycles. The second-order valence-corrected chi connectivity index (χ2v) is 3.54. The van der Waals surface area contributed by atoms with E-state index in [1.807, 2.05) is 0 Å². The molecule has 5 heteroatoms. The van der Waals surface area contributed by atoms with E-state index in [9.17, 15) is 13.2 Å². The Morgan fingerprint density at radius 2 is 1.67 bits per heavy atom. The van der Waals surface area contributed by atoms with Crippen LogP contribution in [0.4, 0.5) is 13.2 Å². The van der Waals surface area contributed by atoms with Crippen LogP contribution < -0.4 is 4.74 Å². The first kappa shape index (κ1) is 12.3. The number of hydrogen-bond donors (Lipinski definition) is 1. The molecule has 0 saturated carbocycles. The summed E-state index contributed by atoms with van der Waals surface area (Å²) in [5.74, 6) is -0.305. The van der Waals surface area contributed by atoms with Crippen LogP contribution in [-0.2, 0) is 0 Å². The van der Waals surface area contributed by atoms with Crippen molar-refractivity contribution in [1.29, 1.82) is 0 Å². The van der Waals surface area contributed by atoms with Gasteiger partial charge in [0.05, 0.1) is 0 Å². The molecule has 0 aromatic heterocycles. The number of halogens is 3. The van der Waals surface area contributed by atoms with Gasteiger partial charge in [-0.1, -0.05) is 18.2 Å². The zero-order valence-corrected chi connectivity index (χ0v) is 9.03. The summed E-state index contributed by atoms with van der Waals surface area (Å²) in [5.41, 5.74) is 1.22. The van der Waals surface area contributed by atoms with E-state index in [1.165, 1.54) is 24.3 Å². The van der Waals surface area contributed by atoms with Gasteiger partial charge in [-0.2, -0.15) is 0 Å². The number of ether oxygens (including phenoxy) is 1. The highest BCUT2D eigenvalue weighted by atomic mass is 19.4. The van der Waals surface area contributed by atoms with Gasteiger partial charge in [-0.3, -0.25) is 0 Å². The van der Waals surface area contributed by atoms with Gasteiger partial charge < -0.3 is 9.84 Å². The standard InChI is InChI=1S/C13H8F3O2/c14-13(15,16)18-12-3-1-2-10(8-12)9-4-6-11(17)7-5-9/h1-2,4-8,17H. The van der Waals surface area contributed by atoms with Crippen molar-refractivity contribution in [2.45, 2.75) is 6.36 Å². The summed E-state index contributed by atoms with van der Waals surface area (Å²) < 4.78 is 39.9. The summed E-state index contributed by atoms with van der Waals surface area (Å²) in [5, 5.41) is 9.13. The Balaban J connectivity index is 2.29. The lowest BCUT2D eigenvalue weighted by atomic mass is 10.1. The molecular formula is C13H8F3O2. The fraction of sp³-hybridized carbons (Fsp3) is 0.0769. The van der Waals surface area contributed by atoms with E-state index < -0.39 is 12.1 Å². The molecule has 0 unspecified atom stereocenters. The number of hydrogen-bond acceptors (Lipinski definition) is 2. The normalized spacial score (nSPS) is 11.3. The fourth-order valence-electron chi connectivity index (χ4n) is 1.46. The Labute approximate surface area is 101 Å². The van der Waals surface area contributed by atoms with Gasteiger partial charge in [0.1, 0.15) is 11.5 Å². The van der Waals surface area contributed by atoms with E-state index >= 15 is 0 Å². The zero-order valence-electron chi connectivity index (χ0n) is 9.03. The minimum atomic E-state index is -4.73. The average molecular weight is 253 g/mol. The number of rotatable bonds is 2. The summed E-state index contributed by atoms with van der Waals surface area (Å²) in [7, 11) is 0. The quantitative estimate of drug-likeness (QED) is 0.883. The van der Waals surface area contributed by atoms with Crippen molar-refractivity contribution >= 4 is 0 Å².